The van der Waals surface area contributed by atoms with E-state index in [9.17, 15) is 0 Å². The van der Waals surface area contributed by atoms with Gasteiger partial charge in [0.1, 0.15) is 0 Å². The first kappa shape index (κ1) is 10.8. The molecular weight excluding hydrogens is 200 g/mol. The molecule has 16 heavy (non-hydrogen) atoms. The van der Waals surface area contributed by atoms with E-state index >= 15 is 0 Å². The van der Waals surface area contributed by atoms with Gasteiger partial charge in [0.25, 0.3) is 0 Å². The highest BCUT2D eigenvalue weighted by Gasteiger charge is 2.60. The average Bonchev–Trinajstić information content (AvgIpc) is 3.14. The maximum atomic E-state index is 5.86. The molecule has 0 aromatic heterocycles. The van der Waals surface area contributed by atoms with Crippen LogP contribution in [0.15, 0.2) is 11.6 Å². The number of epoxide rings is 2. The first-order valence-corrected chi connectivity index (χ1v) is 6.64. The molecule has 3 unspecified atom stereocenters. The molecule has 2 aliphatic heterocycles. The van der Waals surface area contributed by atoms with Gasteiger partial charge in [-0.05, 0) is 33.1 Å². The first-order valence-electron chi connectivity index (χ1n) is 6.64. The van der Waals surface area contributed by atoms with Crippen molar-refractivity contribution >= 4 is 0 Å². The lowest BCUT2D eigenvalue weighted by Gasteiger charge is -2.27. The number of ether oxygens (including phenoxy) is 2. The third kappa shape index (κ3) is 1.93. The molecule has 90 valence electrons. The number of hydrogen-bond acceptors (Lipinski definition) is 2. The fourth-order valence-corrected chi connectivity index (χ4v) is 3.20. The van der Waals surface area contributed by atoms with Crippen molar-refractivity contribution in [2.24, 2.45) is 5.92 Å². The van der Waals surface area contributed by atoms with E-state index in [-0.39, 0.29) is 5.60 Å². The van der Waals surface area contributed by atoms with Crippen LogP contribution < -0.4 is 0 Å². The van der Waals surface area contributed by atoms with E-state index in [0.717, 1.165) is 13.0 Å². The average molecular weight is 222 g/mol. The molecule has 3 aliphatic rings. The zero-order valence-electron chi connectivity index (χ0n) is 10.4. The van der Waals surface area contributed by atoms with Crippen LogP contribution in [-0.2, 0) is 9.47 Å². The molecule has 2 heteroatoms. The summed E-state index contributed by atoms with van der Waals surface area (Å²) in [5.74, 6) is 0.691. The van der Waals surface area contributed by atoms with Crippen molar-refractivity contribution in [2.45, 2.75) is 63.8 Å². The Hall–Kier alpha value is -0.340. The normalized spacial score (nSPS) is 45.5. The Balaban J connectivity index is 1.57. The Kier molecular flexibility index (Phi) is 2.60. The molecule has 0 N–H and O–H groups in total. The Morgan fingerprint density at radius 2 is 2.19 bits per heavy atom. The minimum absolute atomic E-state index is 0.253. The van der Waals surface area contributed by atoms with Gasteiger partial charge in [-0.1, -0.05) is 24.5 Å². The fraction of sp³-hybridized carbons (Fsp3) is 0.857. The molecule has 3 fully saturated rings. The second-order valence-corrected chi connectivity index (χ2v) is 5.86. The van der Waals surface area contributed by atoms with E-state index in [2.05, 4.69) is 19.9 Å². The summed E-state index contributed by atoms with van der Waals surface area (Å²) in [5.41, 5.74) is 1.65. The molecule has 0 aromatic rings. The lowest BCUT2D eigenvalue weighted by atomic mass is 9.76. The molecular formula is C14H22O2. The van der Waals surface area contributed by atoms with Gasteiger partial charge in [0.15, 0.2) is 0 Å². The van der Waals surface area contributed by atoms with Gasteiger partial charge in [-0.15, -0.1) is 0 Å². The van der Waals surface area contributed by atoms with Gasteiger partial charge < -0.3 is 9.47 Å². The summed E-state index contributed by atoms with van der Waals surface area (Å²) in [7, 11) is 0. The molecule has 0 bridgehead atoms. The van der Waals surface area contributed by atoms with Gasteiger partial charge in [-0.3, -0.25) is 0 Å². The summed E-state index contributed by atoms with van der Waals surface area (Å²) >= 11 is 0. The van der Waals surface area contributed by atoms with E-state index in [4.69, 9.17) is 9.47 Å². The van der Waals surface area contributed by atoms with Crippen molar-refractivity contribution in [2.75, 3.05) is 6.61 Å². The van der Waals surface area contributed by atoms with Crippen LogP contribution in [0.1, 0.15) is 46.0 Å². The van der Waals surface area contributed by atoms with E-state index < -0.39 is 0 Å². The highest BCUT2D eigenvalue weighted by molar-refractivity contribution is 5.10. The lowest BCUT2D eigenvalue weighted by molar-refractivity contribution is 0.130. The third-order valence-electron chi connectivity index (χ3n) is 4.33. The number of allylic oxidation sites excluding steroid dienone is 1. The summed E-state index contributed by atoms with van der Waals surface area (Å²) in [4.78, 5) is 0. The molecule has 2 heterocycles. The van der Waals surface area contributed by atoms with Crippen molar-refractivity contribution in [3.8, 4) is 0 Å². The molecule has 0 radical (unpaired) electrons. The van der Waals surface area contributed by atoms with Crippen molar-refractivity contribution < 1.29 is 9.47 Å². The van der Waals surface area contributed by atoms with Crippen LogP contribution in [0.3, 0.4) is 0 Å². The fourth-order valence-electron chi connectivity index (χ4n) is 3.20. The van der Waals surface area contributed by atoms with Crippen LogP contribution in [0.25, 0.3) is 0 Å². The SMILES string of the molecule is CC(C)=CC[C@H]1OC1C1CCCCC12CO2. The Morgan fingerprint density at radius 3 is 2.88 bits per heavy atom. The van der Waals surface area contributed by atoms with E-state index in [1.54, 1.807) is 0 Å². The smallest absolute Gasteiger partial charge is 0.0970 e. The Bertz CT molecular complexity index is 300. The summed E-state index contributed by atoms with van der Waals surface area (Å²) in [6.07, 6.45) is 9.68. The second-order valence-electron chi connectivity index (χ2n) is 5.86. The molecule has 0 aromatic carbocycles. The first-order chi connectivity index (χ1) is 7.71. The van der Waals surface area contributed by atoms with E-state index in [0.29, 0.717) is 18.1 Å². The maximum absolute atomic E-state index is 5.86. The maximum Gasteiger partial charge on any atom is 0.0970 e. The number of hydrogen-bond donors (Lipinski definition) is 0. The van der Waals surface area contributed by atoms with Gasteiger partial charge in [0, 0.05) is 5.92 Å². The second kappa shape index (κ2) is 3.85. The Labute approximate surface area is 98.0 Å². The van der Waals surface area contributed by atoms with Gasteiger partial charge in [-0.2, -0.15) is 0 Å². The highest BCUT2D eigenvalue weighted by Crippen LogP contribution is 2.52. The molecule has 1 aliphatic carbocycles. The van der Waals surface area contributed by atoms with Crippen LogP contribution in [0.5, 0.6) is 0 Å². The third-order valence-corrected chi connectivity index (χ3v) is 4.33. The predicted octanol–water partition coefficient (Wildman–Crippen LogP) is 3.07. The standard InChI is InChI=1S/C14H22O2/c1-10(2)6-7-12-13(16-12)11-5-3-4-8-14(11)9-15-14/h6,11-13H,3-5,7-9H2,1-2H3/t11?,12-,13?,14?/m1/s1. The number of rotatable bonds is 3. The molecule has 2 nitrogen and oxygen atoms in total. The molecule has 1 saturated carbocycles. The van der Waals surface area contributed by atoms with Crippen LogP contribution in [0, 0.1) is 5.92 Å². The zero-order valence-corrected chi connectivity index (χ0v) is 10.4. The molecule has 3 rings (SSSR count). The van der Waals surface area contributed by atoms with Crippen LogP contribution in [0.4, 0.5) is 0 Å². The highest BCUT2D eigenvalue weighted by atomic mass is 16.6. The van der Waals surface area contributed by atoms with Crippen LogP contribution in [0.2, 0.25) is 0 Å². The molecule has 4 atom stereocenters. The quantitative estimate of drug-likeness (QED) is 0.541. The summed E-state index contributed by atoms with van der Waals surface area (Å²) in [6.45, 7) is 5.31. The van der Waals surface area contributed by atoms with Gasteiger partial charge in [0.2, 0.25) is 0 Å². The van der Waals surface area contributed by atoms with E-state index in [1.165, 1.54) is 31.3 Å². The topological polar surface area (TPSA) is 25.1 Å². The van der Waals surface area contributed by atoms with Crippen molar-refractivity contribution in [3.05, 3.63) is 11.6 Å². The largest absolute Gasteiger partial charge is 0.369 e. The summed E-state index contributed by atoms with van der Waals surface area (Å²) < 4.78 is 11.6. The van der Waals surface area contributed by atoms with Crippen molar-refractivity contribution in [1.82, 2.24) is 0 Å². The monoisotopic (exact) mass is 222 g/mol. The molecule has 1 spiro atoms. The predicted molar refractivity (Wildman–Crippen MR) is 63.4 cm³/mol. The van der Waals surface area contributed by atoms with E-state index in [1.807, 2.05) is 0 Å². The van der Waals surface area contributed by atoms with Gasteiger partial charge in [0.05, 0.1) is 24.4 Å². The van der Waals surface area contributed by atoms with Gasteiger partial charge >= 0.3 is 0 Å². The van der Waals surface area contributed by atoms with Gasteiger partial charge in [-0.25, -0.2) is 0 Å². The minimum atomic E-state index is 0.253. The van der Waals surface area contributed by atoms with Crippen molar-refractivity contribution in [3.63, 3.8) is 0 Å². The van der Waals surface area contributed by atoms with Crippen LogP contribution >= 0.6 is 0 Å². The summed E-state index contributed by atoms with van der Waals surface area (Å²) in [6, 6.07) is 0. The molecule has 0 amide bonds. The molecule has 2 saturated heterocycles. The Morgan fingerprint density at radius 1 is 1.38 bits per heavy atom. The zero-order chi connectivity index (χ0) is 11.2. The summed E-state index contributed by atoms with van der Waals surface area (Å²) in [5, 5.41) is 0. The van der Waals surface area contributed by atoms with Crippen LogP contribution in [-0.4, -0.2) is 24.4 Å². The lowest BCUT2D eigenvalue weighted by Crippen LogP contribution is -2.33. The minimum Gasteiger partial charge on any atom is -0.369 e. The van der Waals surface area contributed by atoms with Crippen molar-refractivity contribution in [1.29, 1.82) is 0 Å².